The summed E-state index contributed by atoms with van der Waals surface area (Å²) in [6.45, 7) is 6.17. The number of rotatable bonds is 2. The number of hydrogen-bond donors (Lipinski definition) is 0. The van der Waals surface area contributed by atoms with E-state index in [4.69, 9.17) is 4.74 Å². The number of ether oxygens (including phenoxy) is 1. The lowest BCUT2D eigenvalue weighted by Crippen LogP contribution is -2.51. The van der Waals surface area contributed by atoms with Crippen molar-refractivity contribution < 1.29 is 14.3 Å². The van der Waals surface area contributed by atoms with Gasteiger partial charge in [0.2, 0.25) is 0 Å². The summed E-state index contributed by atoms with van der Waals surface area (Å²) in [7, 11) is 0. The van der Waals surface area contributed by atoms with Crippen LogP contribution in [0.3, 0.4) is 0 Å². The third kappa shape index (κ3) is 5.40. The van der Waals surface area contributed by atoms with Crippen LogP contribution in [-0.2, 0) is 0 Å². The first-order valence-electron chi connectivity index (χ1n) is 12.5. The van der Waals surface area contributed by atoms with Crippen LogP contribution < -0.4 is 4.74 Å². The van der Waals surface area contributed by atoms with Crippen molar-refractivity contribution in [3.8, 4) is 5.75 Å². The molecule has 2 atom stereocenters. The highest BCUT2D eigenvalue weighted by Gasteiger charge is 2.35. The van der Waals surface area contributed by atoms with E-state index in [1.807, 2.05) is 67.3 Å². The van der Waals surface area contributed by atoms with E-state index in [2.05, 4.69) is 4.90 Å². The fourth-order valence-electron chi connectivity index (χ4n) is 5.18. The van der Waals surface area contributed by atoms with E-state index >= 15 is 0 Å². The number of benzene rings is 2. The average molecular weight is 449 g/mol. The molecule has 2 aromatic rings. The van der Waals surface area contributed by atoms with E-state index < -0.39 is 0 Å². The van der Waals surface area contributed by atoms with Crippen molar-refractivity contribution >= 4 is 11.8 Å². The smallest absolute Gasteiger partial charge is 0.257 e. The Morgan fingerprint density at radius 3 is 2.58 bits per heavy atom. The minimum Gasteiger partial charge on any atom is -0.487 e. The van der Waals surface area contributed by atoms with Gasteiger partial charge < -0.3 is 14.5 Å². The van der Waals surface area contributed by atoms with Crippen LogP contribution in [0.15, 0.2) is 48.5 Å². The topological polar surface area (TPSA) is 49.9 Å². The molecule has 0 radical (unpaired) electrons. The maximum Gasteiger partial charge on any atom is 0.257 e. The molecule has 0 unspecified atom stereocenters. The number of hydrogen-bond acceptors (Lipinski definition) is 3. The first-order valence-corrected chi connectivity index (χ1v) is 12.5. The molecule has 1 aliphatic heterocycles. The number of aryl methyl sites for hydroxylation is 1. The third-order valence-corrected chi connectivity index (χ3v) is 6.99. The summed E-state index contributed by atoms with van der Waals surface area (Å²) in [5.74, 6) is 0.765. The maximum absolute atomic E-state index is 13.7. The molecule has 2 aromatic carbocycles. The molecule has 176 valence electrons. The molecule has 0 bridgehead atoms. The van der Waals surface area contributed by atoms with E-state index in [0.29, 0.717) is 17.9 Å². The van der Waals surface area contributed by atoms with Crippen LogP contribution in [0, 0.1) is 6.92 Å². The van der Waals surface area contributed by atoms with Crippen LogP contribution in [-0.4, -0.2) is 53.4 Å². The predicted octanol–water partition coefficient (Wildman–Crippen LogP) is 5.47. The van der Waals surface area contributed by atoms with Gasteiger partial charge >= 0.3 is 0 Å². The lowest BCUT2D eigenvalue weighted by molar-refractivity contribution is 0.0272. The average Bonchev–Trinajstić information content (AvgIpc) is 2.84. The van der Waals surface area contributed by atoms with Crippen molar-refractivity contribution in [1.29, 1.82) is 0 Å². The minimum atomic E-state index is -0.114. The van der Waals surface area contributed by atoms with Crippen molar-refractivity contribution in [3.05, 3.63) is 65.2 Å². The molecule has 1 aliphatic carbocycles. The Morgan fingerprint density at radius 2 is 1.76 bits per heavy atom. The Labute approximate surface area is 197 Å². The van der Waals surface area contributed by atoms with Gasteiger partial charge in [-0.15, -0.1) is 0 Å². The fourth-order valence-corrected chi connectivity index (χ4v) is 5.18. The molecule has 0 N–H and O–H groups in total. The van der Waals surface area contributed by atoms with Gasteiger partial charge in [-0.1, -0.05) is 36.2 Å². The monoisotopic (exact) mass is 448 g/mol. The van der Waals surface area contributed by atoms with Crippen LogP contribution in [0.4, 0.5) is 0 Å². The highest BCUT2D eigenvalue weighted by molar-refractivity contribution is 5.97. The van der Waals surface area contributed by atoms with Gasteiger partial charge in [-0.25, -0.2) is 0 Å². The van der Waals surface area contributed by atoms with Gasteiger partial charge in [0.1, 0.15) is 11.9 Å². The highest BCUT2D eigenvalue weighted by Crippen LogP contribution is 2.31. The van der Waals surface area contributed by atoms with Crippen LogP contribution in [0.1, 0.15) is 78.1 Å². The largest absolute Gasteiger partial charge is 0.487 e. The molecule has 1 fully saturated rings. The molecule has 0 saturated heterocycles. The predicted molar refractivity (Wildman–Crippen MR) is 131 cm³/mol. The molecule has 5 nitrogen and oxygen atoms in total. The summed E-state index contributed by atoms with van der Waals surface area (Å²) in [5.41, 5.74) is 2.46. The number of amides is 2. The number of carbonyl (C=O) groups is 2. The second-order valence-corrected chi connectivity index (χ2v) is 9.32. The second-order valence-electron chi connectivity index (χ2n) is 9.32. The van der Waals surface area contributed by atoms with Crippen molar-refractivity contribution in [3.63, 3.8) is 0 Å². The zero-order chi connectivity index (χ0) is 23.2. The van der Waals surface area contributed by atoms with Gasteiger partial charge in [0.25, 0.3) is 11.8 Å². The molecule has 33 heavy (non-hydrogen) atoms. The Hall–Kier alpha value is -2.82. The Kier molecular flexibility index (Phi) is 7.69. The van der Waals surface area contributed by atoms with Crippen LogP contribution >= 0.6 is 0 Å². The molecule has 1 heterocycles. The maximum atomic E-state index is 13.7. The Morgan fingerprint density at radius 1 is 0.970 bits per heavy atom. The second kappa shape index (κ2) is 10.9. The first kappa shape index (κ1) is 23.3. The lowest BCUT2D eigenvalue weighted by atomic mass is 9.90. The Bertz CT molecular complexity index is 973. The standard InChI is InChI=1S/C28H36N2O3/c1-3-29-18-9-4-10-19-30(27(31)22-13-11-12-21(2)20-22)24-15-6-8-17-26(24)33-25-16-7-5-14-23(25)28(29)32/h5,7,11-14,16,20,24,26H,3-4,6,8-10,15,17-19H2,1-2H3/t24-,26+/m1/s1. The highest BCUT2D eigenvalue weighted by atomic mass is 16.5. The Balaban J connectivity index is 1.69. The first-order chi connectivity index (χ1) is 16.1. The lowest BCUT2D eigenvalue weighted by Gasteiger charge is -2.40. The zero-order valence-electron chi connectivity index (χ0n) is 20.0. The van der Waals surface area contributed by atoms with E-state index in [1.165, 1.54) is 0 Å². The van der Waals surface area contributed by atoms with Gasteiger partial charge in [-0.3, -0.25) is 9.59 Å². The summed E-state index contributed by atoms with van der Waals surface area (Å²) >= 11 is 0. The number of para-hydroxylation sites is 1. The van der Waals surface area contributed by atoms with Gasteiger partial charge in [0, 0.05) is 25.2 Å². The van der Waals surface area contributed by atoms with Crippen molar-refractivity contribution in [2.75, 3.05) is 19.6 Å². The van der Waals surface area contributed by atoms with Gasteiger partial charge in [-0.2, -0.15) is 0 Å². The summed E-state index contributed by atoms with van der Waals surface area (Å²) in [4.78, 5) is 31.0. The molecule has 1 saturated carbocycles. The van der Waals surface area contributed by atoms with Crippen LogP contribution in [0.25, 0.3) is 0 Å². The molecule has 2 aliphatic rings. The van der Waals surface area contributed by atoms with E-state index in [9.17, 15) is 9.59 Å². The number of carbonyl (C=O) groups excluding carboxylic acids is 2. The third-order valence-electron chi connectivity index (χ3n) is 6.99. The number of fused-ring (bicyclic) bond motifs is 2. The molecule has 0 spiro atoms. The summed E-state index contributed by atoms with van der Waals surface area (Å²) in [6.07, 6.45) is 6.72. The van der Waals surface area contributed by atoms with Gasteiger partial charge in [-0.05, 0) is 76.6 Å². The normalized spacial score (nSPS) is 22.2. The molecule has 2 amide bonds. The van der Waals surface area contributed by atoms with E-state index in [1.54, 1.807) is 0 Å². The minimum absolute atomic E-state index is 0.0120. The number of nitrogens with zero attached hydrogens (tertiary/aromatic N) is 2. The molecule has 5 heteroatoms. The molecule has 0 aromatic heterocycles. The summed E-state index contributed by atoms with van der Waals surface area (Å²) in [5, 5.41) is 0. The summed E-state index contributed by atoms with van der Waals surface area (Å²) in [6, 6.07) is 15.5. The molecule has 4 rings (SSSR count). The van der Waals surface area contributed by atoms with Gasteiger partial charge in [0.15, 0.2) is 0 Å². The molecular formula is C28H36N2O3. The fraction of sp³-hybridized carbons (Fsp3) is 0.500. The van der Waals surface area contributed by atoms with Crippen molar-refractivity contribution in [1.82, 2.24) is 9.80 Å². The SMILES string of the molecule is CCN1CCCCCN(C(=O)c2cccc(C)c2)[C@@H]2CCCC[C@@H]2Oc2ccccc2C1=O. The summed E-state index contributed by atoms with van der Waals surface area (Å²) < 4.78 is 6.58. The van der Waals surface area contributed by atoms with Crippen molar-refractivity contribution in [2.24, 2.45) is 0 Å². The van der Waals surface area contributed by atoms with Gasteiger partial charge in [0.05, 0.1) is 11.6 Å². The van der Waals surface area contributed by atoms with Crippen molar-refractivity contribution in [2.45, 2.75) is 70.9 Å². The van der Waals surface area contributed by atoms with E-state index in [-0.39, 0.29) is 24.0 Å². The quantitative estimate of drug-likeness (QED) is 0.612. The van der Waals surface area contributed by atoms with Crippen LogP contribution in [0.5, 0.6) is 5.75 Å². The molecular weight excluding hydrogens is 412 g/mol. The van der Waals surface area contributed by atoms with Crippen LogP contribution in [0.2, 0.25) is 0 Å². The zero-order valence-corrected chi connectivity index (χ0v) is 20.0. The van der Waals surface area contributed by atoms with E-state index in [0.717, 1.165) is 69.2 Å².